The van der Waals surface area contributed by atoms with Crippen LogP contribution in [0.3, 0.4) is 0 Å². The smallest absolute Gasteiger partial charge is 0.328 e. The predicted octanol–water partition coefficient (Wildman–Crippen LogP) is 0.785. The van der Waals surface area contributed by atoms with Gasteiger partial charge in [-0.3, -0.25) is 9.59 Å². The van der Waals surface area contributed by atoms with Crippen LogP contribution in [0.4, 0.5) is 0 Å². The number of carboxylic acids is 2. The van der Waals surface area contributed by atoms with Crippen molar-refractivity contribution < 1.29 is 29.4 Å². The van der Waals surface area contributed by atoms with E-state index in [9.17, 15) is 19.2 Å². The van der Waals surface area contributed by atoms with Gasteiger partial charge in [-0.15, -0.1) is 0 Å². The number of allylic oxidation sites excluding steroid dienone is 2. The van der Waals surface area contributed by atoms with Crippen molar-refractivity contribution in [2.45, 2.75) is 0 Å². The van der Waals surface area contributed by atoms with Crippen molar-refractivity contribution in [2.75, 3.05) is 0 Å². The van der Waals surface area contributed by atoms with E-state index in [0.29, 0.717) is 12.2 Å². The average Bonchev–Trinajstić information content (AvgIpc) is 2.12. The third-order valence-corrected chi connectivity index (χ3v) is 0.966. The molecule has 8 heteroatoms. The van der Waals surface area contributed by atoms with E-state index in [1.807, 2.05) is 0 Å². The van der Waals surface area contributed by atoms with Crippen LogP contribution in [0.2, 0.25) is 0 Å². The lowest BCUT2D eigenvalue weighted by Gasteiger charge is -1.74. The second-order valence-electron chi connectivity index (χ2n) is 1.95. The number of halogens is 2. The van der Waals surface area contributed by atoms with Gasteiger partial charge in [-0.2, -0.15) is 0 Å². The quantitative estimate of drug-likeness (QED) is 0.576. The number of carbonyl (C=O) groups is 4. The minimum absolute atomic E-state index is 0.558. The molecule has 0 atom stereocenters. The summed E-state index contributed by atoms with van der Waals surface area (Å²) < 4.78 is 0. The highest BCUT2D eigenvalue weighted by molar-refractivity contribution is 6.69. The van der Waals surface area contributed by atoms with Crippen LogP contribution in [0.5, 0.6) is 0 Å². The molecule has 6 nitrogen and oxygen atoms in total. The fourth-order valence-electron chi connectivity index (χ4n) is 0.274. The van der Waals surface area contributed by atoms with E-state index < -0.39 is 22.4 Å². The minimum Gasteiger partial charge on any atom is -0.478 e. The van der Waals surface area contributed by atoms with Crippen LogP contribution in [-0.4, -0.2) is 32.6 Å². The summed E-state index contributed by atoms with van der Waals surface area (Å²) in [5.74, 6) is -2.51. The molecule has 0 aliphatic heterocycles. The molecule has 0 heterocycles. The maximum absolute atomic E-state index is 9.82. The van der Waals surface area contributed by atoms with E-state index in [1.54, 1.807) is 0 Å². The fourth-order valence-corrected chi connectivity index (χ4v) is 0.400. The second kappa shape index (κ2) is 9.88. The Hall–Kier alpha value is -1.66. The van der Waals surface area contributed by atoms with Crippen molar-refractivity contribution in [1.29, 1.82) is 0 Å². The number of hydrogen-bond acceptors (Lipinski definition) is 4. The first-order chi connectivity index (χ1) is 7.25. The van der Waals surface area contributed by atoms with Gasteiger partial charge in [0.15, 0.2) is 0 Å². The fraction of sp³-hybridized carbons (Fsp3) is 0. The van der Waals surface area contributed by atoms with Crippen LogP contribution in [-0.2, 0) is 19.2 Å². The zero-order valence-corrected chi connectivity index (χ0v) is 9.10. The SMILES string of the molecule is O=C(Cl)/C=C\C(=O)Cl.O=C(O)/C=C\C(=O)O. The molecule has 0 saturated heterocycles. The van der Waals surface area contributed by atoms with E-state index in [1.165, 1.54) is 0 Å². The lowest BCUT2D eigenvalue weighted by molar-refractivity contribution is -0.134. The summed E-state index contributed by atoms with van der Waals surface area (Å²) in [6.07, 6.45) is 2.89. The highest BCUT2D eigenvalue weighted by atomic mass is 35.5. The molecule has 88 valence electrons. The van der Waals surface area contributed by atoms with Gasteiger partial charge in [0.2, 0.25) is 10.5 Å². The standard InChI is InChI=1S/C4H2Cl2O2.C4H4O4/c5-3(7)1-2-4(6)8;5-3(6)1-2-4(7)8/h1-2H;1-2H,(H,5,6)(H,7,8)/b2*2-1-. The molecule has 0 fully saturated rings. The van der Waals surface area contributed by atoms with Crippen LogP contribution in [0, 0.1) is 0 Å². The van der Waals surface area contributed by atoms with Crippen molar-refractivity contribution in [3.8, 4) is 0 Å². The molecule has 0 saturated carbocycles. The highest BCUT2D eigenvalue weighted by Gasteiger charge is 1.88. The highest BCUT2D eigenvalue weighted by Crippen LogP contribution is 1.85. The van der Waals surface area contributed by atoms with Gasteiger partial charge in [0, 0.05) is 24.3 Å². The predicted molar refractivity (Wildman–Crippen MR) is 55.3 cm³/mol. The molecule has 0 radical (unpaired) electrons. The lowest BCUT2D eigenvalue weighted by atomic mass is 10.5. The first-order valence-corrected chi connectivity index (χ1v) is 4.22. The number of carboxylic acid groups (broad SMARTS) is 2. The third kappa shape index (κ3) is 22.8. The second-order valence-corrected chi connectivity index (χ2v) is 2.70. The van der Waals surface area contributed by atoms with Gasteiger partial charge in [0.25, 0.3) is 0 Å². The number of hydrogen-bond donors (Lipinski definition) is 2. The third-order valence-electron chi connectivity index (χ3n) is 0.714. The molecule has 0 aliphatic carbocycles. The molecule has 0 aliphatic rings. The topological polar surface area (TPSA) is 109 Å². The molecule has 0 unspecified atom stereocenters. The van der Waals surface area contributed by atoms with Gasteiger partial charge in [-0.25, -0.2) is 9.59 Å². The van der Waals surface area contributed by atoms with Gasteiger partial charge in [0.05, 0.1) is 0 Å². The Balaban J connectivity index is 0. The Morgan fingerprint density at radius 2 is 0.938 bits per heavy atom. The Morgan fingerprint density at radius 1 is 0.688 bits per heavy atom. The molecular formula is C8H6Cl2O6. The molecule has 0 bridgehead atoms. The van der Waals surface area contributed by atoms with Crippen LogP contribution in [0.25, 0.3) is 0 Å². The first-order valence-electron chi connectivity index (χ1n) is 3.46. The molecule has 0 aromatic carbocycles. The summed E-state index contributed by atoms with van der Waals surface area (Å²) in [5, 5.41) is 14.2. The summed E-state index contributed by atoms with van der Waals surface area (Å²) in [5.41, 5.74) is 0. The van der Waals surface area contributed by atoms with Crippen LogP contribution < -0.4 is 0 Å². The summed E-state index contributed by atoms with van der Waals surface area (Å²) >= 11 is 9.57. The molecule has 2 N–H and O–H groups in total. The first kappa shape index (κ1) is 16.8. The summed E-state index contributed by atoms with van der Waals surface area (Å²) in [6, 6.07) is 0. The molecule has 0 rings (SSSR count). The van der Waals surface area contributed by atoms with E-state index in [4.69, 9.17) is 33.4 Å². The molecule has 0 amide bonds. The molecular weight excluding hydrogens is 263 g/mol. The average molecular weight is 269 g/mol. The maximum Gasteiger partial charge on any atom is 0.328 e. The van der Waals surface area contributed by atoms with Gasteiger partial charge >= 0.3 is 11.9 Å². The molecule has 0 aromatic rings. The van der Waals surface area contributed by atoms with Crippen molar-refractivity contribution in [3.05, 3.63) is 24.3 Å². The Bertz CT molecular complexity index is 278. The number of carbonyl (C=O) groups excluding carboxylic acids is 2. The van der Waals surface area contributed by atoms with Gasteiger partial charge in [-0.1, -0.05) is 0 Å². The Kier molecular flexibility index (Phi) is 10.3. The summed E-state index contributed by atoms with van der Waals surface area (Å²) in [4.78, 5) is 38.7. The summed E-state index contributed by atoms with van der Waals surface area (Å²) in [6.45, 7) is 0. The zero-order chi connectivity index (χ0) is 13.1. The van der Waals surface area contributed by atoms with Crippen molar-refractivity contribution in [2.24, 2.45) is 0 Å². The Labute approximate surface area is 99.8 Å². The van der Waals surface area contributed by atoms with E-state index >= 15 is 0 Å². The van der Waals surface area contributed by atoms with Crippen molar-refractivity contribution in [3.63, 3.8) is 0 Å². The van der Waals surface area contributed by atoms with Crippen LogP contribution in [0.15, 0.2) is 24.3 Å². The van der Waals surface area contributed by atoms with Crippen molar-refractivity contribution >= 4 is 45.6 Å². The number of rotatable bonds is 4. The lowest BCUT2D eigenvalue weighted by Crippen LogP contribution is -1.91. The largest absolute Gasteiger partial charge is 0.478 e. The molecule has 0 aromatic heterocycles. The maximum atomic E-state index is 9.82. The zero-order valence-electron chi connectivity index (χ0n) is 7.59. The molecule has 16 heavy (non-hydrogen) atoms. The van der Waals surface area contributed by atoms with E-state index in [0.717, 1.165) is 12.2 Å². The summed E-state index contributed by atoms with van der Waals surface area (Å²) in [7, 11) is 0. The van der Waals surface area contributed by atoms with Crippen LogP contribution >= 0.6 is 23.2 Å². The van der Waals surface area contributed by atoms with Crippen LogP contribution in [0.1, 0.15) is 0 Å². The van der Waals surface area contributed by atoms with E-state index in [2.05, 4.69) is 0 Å². The van der Waals surface area contributed by atoms with E-state index in [-0.39, 0.29) is 0 Å². The van der Waals surface area contributed by atoms with Gasteiger partial charge < -0.3 is 10.2 Å². The molecule has 0 spiro atoms. The van der Waals surface area contributed by atoms with Gasteiger partial charge in [-0.05, 0) is 23.2 Å². The minimum atomic E-state index is -1.26. The number of aliphatic carboxylic acids is 2. The van der Waals surface area contributed by atoms with Crippen molar-refractivity contribution in [1.82, 2.24) is 0 Å². The Morgan fingerprint density at radius 3 is 1.06 bits per heavy atom. The van der Waals surface area contributed by atoms with Gasteiger partial charge in [0.1, 0.15) is 0 Å². The normalized spacial score (nSPS) is 9.62. The monoisotopic (exact) mass is 268 g/mol.